The lowest BCUT2D eigenvalue weighted by Gasteiger charge is -2.49. The Morgan fingerprint density at radius 3 is 2.24 bits per heavy atom. The van der Waals surface area contributed by atoms with Gasteiger partial charge in [-0.1, -0.05) is 72.8 Å². The van der Waals surface area contributed by atoms with Gasteiger partial charge in [-0.25, -0.2) is 4.79 Å². The molecule has 1 saturated heterocycles. The van der Waals surface area contributed by atoms with Crippen LogP contribution in [0.3, 0.4) is 0 Å². The van der Waals surface area contributed by atoms with E-state index in [-0.39, 0.29) is 18.0 Å². The summed E-state index contributed by atoms with van der Waals surface area (Å²) in [6.07, 6.45) is 3.37. The van der Waals surface area contributed by atoms with Crippen LogP contribution in [-0.4, -0.2) is 34.6 Å². The molecule has 1 heterocycles. The van der Waals surface area contributed by atoms with Crippen molar-refractivity contribution in [3.8, 4) is 0 Å². The highest BCUT2D eigenvalue weighted by Gasteiger charge is 2.49. The SMILES string of the molecule is CC(c1ccccc1)N1C(=O)[C@@H](NC(=O)OC(C)(C)C)[C@H]1/C=C/c1ccccc1. The van der Waals surface area contributed by atoms with Gasteiger partial charge < -0.3 is 15.0 Å². The molecule has 29 heavy (non-hydrogen) atoms. The van der Waals surface area contributed by atoms with Crippen LogP contribution in [0.25, 0.3) is 6.08 Å². The maximum atomic E-state index is 12.9. The van der Waals surface area contributed by atoms with Gasteiger partial charge in [0.05, 0.1) is 12.1 Å². The van der Waals surface area contributed by atoms with E-state index in [9.17, 15) is 9.59 Å². The third kappa shape index (κ3) is 5.05. The molecule has 1 unspecified atom stereocenters. The number of hydrogen-bond acceptors (Lipinski definition) is 3. The molecule has 0 radical (unpaired) electrons. The normalized spacial score (nSPS) is 20.3. The number of nitrogens with one attached hydrogen (secondary N) is 1. The summed E-state index contributed by atoms with van der Waals surface area (Å²) in [7, 11) is 0. The predicted octanol–water partition coefficient (Wildman–Crippen LogP) is 4.57. The number of hydrogen-bond donors (Lipinski definition) is 1. The largest absolute Gasteiger partial charge is 0.444 e. The molecule has 1 N–H and O–H groups in total. The zero-order valence-corrected chi connectivity index (χ0v) is 17.3. The fraction of sp³-hybridized carbons (Fsp3) is 0.333. The molecule has 2 aromatic carbocycles. The summed E-state index contributed by atoms with van der Waals surface area (Å²) in [4.78, 5) is 27.0. The van der Waals surface area contributed by atoms with Gasteiger partial charge in [0.25, 0.3) is 0 Å². The van der Waals surface area contributed by atoms with E-state index in [1.807, 2.05) is 79.7 Å². The van der Waals surface area contributed by atoms with Crippen LogP contribution < -0.4 is 5.32 Å². The van der Waals surface area contributed by atoms with Crippen LogP contribution in [0.4, 0.5) is 4.79 Å². The van der Waals surface area contributed by atoms with Gasteiger partial charge in [-0.15, -0.1) is 0 Å². The standard InChI is InChI=1S/C24H28N2O3/c1-17(19-13-9-6-10-14-19)26-20(16-15-18-11-7-5-8-12-18)21(22(26)27)25-23(28)29-24(2,3)4/h5-17,20-21H,1-4H3,(H,25,28)/b16-15+/t17?,20-,21+/m1/s1. The van der Waals surface area contributed by atoms with Crippen LogP contribution in [0.1, 0.15) is 44.9 Å². The molecule has 2 amide bonds. The number of carbonyl (C=O) groups is 2. The van der Waals surface area contributed by atoms with Crippen LogP contribution in [-0.2, 0) is 9.53 Å². The Morgan fingerprint density at radius 1 is 1.07 bits per heavy atom. The van der Waals surface area contributed by atoms with Crippen LogP contribution in [0.5, 0.6) is 0 Å². The number of likely N-dealkylation sites (tertiary alicyclic amines) is 1. The van der Waals surface area contributed by atoms with Gasteiger partial charge in [0.1, 0.15) is 11.6 Å². The highest BCUT2D eigenvalue weighted by atomic mass is 16.6. The quantitative estimate of drug-likeness (QED) is 0.759. The molecule has 0 saturated carbocycles. The van der Waals surface area contributed by atoms with E-state index in [0.29, 0.717) is 0 Å². The molecule has 3 atom stereocenters. The lowest BCUT2D eigenvalue weighted by atomic mass is 9.89. The molecule has 0 aliphatic carbocycles. The van der Waals surface area contributed by atoms with Crippen molar-refractivity contribution in [2.24, 2.45) is 0 Å². The molecule has 0 bridgehead atoms. The van der Waals surface area contributed by atoms with Crippen LogP contribution in [0, 0.1) is 0 Å². The zero-order chi connectivity index (χ0) is 21.0. The molecular formula is C24H28N2O3. The molecule has 1 aliphatic rings. The molecule has 5 heteroatoms. The van der Waals surface area contributed by atoms with Gasteiger partial charge in [0.15, 0.2) is 0 Å². The van der Waals surface area contributed by atoms with Gasteiger partial charge in [0.2, 0.25) is 5.91 Å². The summed E-state index contributed by atoms with van der Waals surface area (Å²) in [5.74, 6) is -0.116. The second-order valence-electron chi connectivity index (χ2n) is 8.22. The number of nitrogens with zero attached hydrogens (tertiary/aromatic N) is 1. The van der Waals surface area contributed by atoms with Gasteiger partial charge in [-0.2, -0.15) is 0 Å². The third-order valence-electron chi connectivity index (χ3n) is 4.84. The lowest BCUT2D eigenvalue weighted by Crippen LogP contribution is -2.70. The average Bonchev–Trinajstić information content (AvgIpc) is 2.69. The van der Waals surface area contributed by atoms with E-state index in [0.717, 1.165) is 11.1 Å². The van der Waals surface area contributed by atoms with Crippen molar-refractivity contribution < 1.29 is 14.3 Å². The molecule has 0 aromatic heterocycles. The van der Waals surface area contributed by atoms with Crippen molar-refractivity contribution in [2.45, 2.75) is 51.4 Å². The van der Waals surface area contributed by atoms with E-state index >= 15 is 0 Å². The Hall–Kier alpha value is -3.08. The van der Waals surface area contributed by atoms with Crippen molar-refractivity contribution >= 4 is 18.1 Å². The maximum Gasteiger partial charge on any atom is 0.408 e. The number of β-lactam (4-membered cyclic amide) rings is 1. The first kappa shape index (κ1) is 20.6. The van der Waals surface area contributed by atoms with E-state index in [2.05, 4.69) is 5.32 Å². The summed E-state index contributed by atoms with van der Waals surface area (Å²) in [6.45, 7) is 7.39. The number of carbonyl (C=O) groups excluding carboxylic acids is 2. The molecule has 5 nitrogen and oxygen atoms in total. The fourth-order valence-electron chi connectivity index (χ4n) is 3.43. The summed E-state index contributed by atoms with van der Waals surface area (Å²) in [5.41, 5.74) is 1.47. The predicted molar refractivity (Wildman–Crippen MR) is 114 cm³/mol. The maximum absolute atomic E-state index is 12.9. The fourth-order valence-corrected chi connectivity index (χ4v) is 3.43. The average molecular weight is 392 g/mol. The summed E-state index contributed by atoms with van der Waals surface area (Å²) < 4.78 is 5.34. The first-order chi connectivity index (χ1) is 13.8. The first-order valence-corrected chi connectivity index (χ1v) is 9.86. The minimum absolute atomic E-state index is 0.106. The molecule has 1 fully saturated rings. The Labute approximate surface area is 172 Å². The van der Waals surface area contributed by atoms with E-state index < -0.39 is 17.7 Å². The molecule has 152 valence electrons. The molecule has 3 rings (SSSR count). The number of rotatable bonds is 5. The van der Waals surface area contributed by atoms with Crippen LogP contribution in [0.15, 0.2) is 66.7 Å². The Bertz CT molecular complexity index is 872. The minimum atomic E-state index is -0.643. The lowest BCUT2D eigenvalue weighted by molar-refractivity contribution is -0.152. The van der Waals surface area contributed by atoms with Crippen molar-refractivity contribution in [1.82, 2.24) is 10.2 Å². The van der Waals surface area contributed by atoms with Crippen LogP contribution >= 0.6 is 0 Å². The zero-order valence-electron chi connectivity index (χ0n) is 17.3. The highest BCUT2D eigenvalue weighted by molar-refractivity contribution is 5.93. The second-order valence-corrected chi connectivity index (χ2v) is 8.22. The third-order valence-corrected chi connectivity index (χ3v) is 4.84. The molecular weight excluding hydrogens is 364 g/mol. The summed E-state index contributed by atoms with van der Waals surface area (Å²) >= 11 is 0. The van der Waals surface area contributed by atoms with Gasteiger partial charge in [-0.3, -0.25) is 4.79 Å². The molecule has 1 aliphatic heterocycles. The Balaban J connectivity index is 1.81. The summed E-state index contributed by atoms with van der Waals surface area (Å²) in [5, 5.41) is 2.74. The van der Waals surface area contributed by atoms with Crippen molar-refractivity contribution in [3.05, 3.63) is 77.9 Å². The Kier molecular flexibility index (Phi) is 6.06. The minimum Gasteiger partial charge on any atom is -0.444 e. The number of ether oxygens (including phenoxy) is 1. The van der Waals surface area contributed by atoms with E-state index in [1.165, 1.54) is 0 Å². The topological polar surface area (TPSA) is 58.6 Å². The second kappa shape index (κ2) is 8.52. The van der Waals surface area contributed by atoms with Crippen molar-refractivity contribution in [3.63, 3.8) is 0 Å². The summed E-state index contributed by atoms with van der Waals surface area (Å²) in [6, 6.07) is 18.8. The number of benzene rings is 2. The monoisotopic (exact) mass is 392 g/mol. The van der Waals surface area contributed by atoms with Crippen molar-refractivity contribution in [1.29, 1.82) is 0 Å². The van der Waals surface area contributed by atoms with Gasteiger partial charge in [0, 0.05) is 0 Å². The van der Waals surface area contributed by atoms with Crippen molar-refractivity contribution in [2.75, 3.05) is 0 Å². The molecule has 0 spiro atoms. The number of amides is 2. The molecule has 2 aromatic rings. The van der Waals surface area contributed by atoms with E-state index in [1.54, 1.807) is 25.7 Å². The highest BCUT2D eigenvalue weighted by Crippen LogP contribution is 2.33. The Morgan fingerprint density at radius 2 is 1.66 bits per heavy atom. The number of alkyl carbamates (subject to hydrolysis) is 1. The van der Waals surface area contributed by atoms with Gasteiger partial charge >= 0.3 is 6.09 Å². The van der Waals surface area contributed by atoms with E-state index in [4.69, 9.17) is 4.74 Å². The smallest absolute Gasteiger partial charge is 0.408 e. The van der Waals surface area contributed by atoms with Crippen LogP contribution in [0.2, 0.25) is 0 Å². The van der Waals surface area contributed by atoms with Gasteiger partial charge in [-0.05, 0) is 38.8 Å². The first-order valence-electron chi connectivity index (χ1n) is 9.86.